The van der Waals surface area contributed by atoms with Crippen molar-refractivity contribution in [2.45, 2.75) is 20.8 Å². The van der Waals surface area contributed by atoms with Gasteiger partial charge in [-0.25, -0.2) is 9.97 Å². The number of nitrogens with zero attached hydrogens (tertiary/aromatic N) is 2. The van der Waals surface area contributed by atoms with Crippen LogP contribution >= 0.6 is 51.6 Å². The lowest BCUT2D eigenvalue weighted by Crippen LogP contribution is -2.04. The van der Waals surface area contributed by atoms with Crippen molar-refractivity contribution < 1.29 is 9.47 Å². The Bertz CT molecular complexity index is 765. The quantitative estimate of drug-likeness (QED) is 0.263. The summed E-state index contributed by atoms with van der Waals surface area (Å²) in [7, 11) is 3.01. The van der Waals surface area contributed by atoms with Gasteiger partial charge < -0.3 is 20.0 Å². The van der Waals surface area contributed by atoms with E-state index < -0.39 is 0 Å². The van der Waals surface area contributed by atoms with Gasteiger partial charge in [0.2, 0.25) is 0 Å². The maximum Gasteiger partial charge on any atom is 0.164 e. The lowest BCUT2D eigenvalue weighted by atomic mass is 10.1. The summed E-state index contributed by atoms with van der Waals surface area (Å²) in [4.78, 5) is 8.80. The topological polar surface area (TPSA) is 80.1 Å². The average Bonchev–Trinajstić information content (AvgIpc) is 2.64. The number of halogens is 3. The number of rotatable bonds is 6. The zero-order valence-corrected chi connectivity index (χ0v) is 19.7. The predicted octanol–water partition coefficient (Wildman–Crippen LogP) is 6.24. The third-order valence-corrected chi connectivity index (χ3v) is 5.05. The lowest BCUT2D eigenvalue weighted by Gasteiger charge is -2.15. The molecule has 142 valence electrons. The van der Waals surface area contributed by atoms with E-state index in [0.29, 0.717) is 56.4 Å². The SMILES string of the molecule is CC.COc1cc(OC)c(Cl)c(-c2ncc(C(C)=N)c(NPI)n2)c1Cl. The normalized spacial score (nSPS) is 10.3. The van der Waals surface area contributed by atoms with Crippen LogP contribution in [0.4, 0.5) is 5.82 Å². The number of methoxy groups -OCH3 is 2. The van der Waals surface area contributed by atoms with E-state index in [4.69, 9.17) is 38.1 Å². The maximum absolute atomic E-state index is 7.83. The summed E-state index contributed by atoms with van der Waals surface area (Å²) in [5.41, 5.74) is 1.40. The van der Waals surface area contributed by atoms with Crippen molar-refractivity contribution in [1.82, 2.24) is 9.97 Å². The number of ether oxygens (including phenoxy) is 2. The Morgan fingerprint density at radius 2 is 1.73 bits per heavy atom. The lowest BCUT2D eigenvalue weighted by molar-refractivity contribution is 0.395. The Morgan fingerprint density at radius 3 is 2.15 bits per heavy atom. The van der Waals surface area contributed by atoms with Crippen LogP contribution in [0.2, 0.25) is 10.0 Å². The van der Waals surface area contributed by atoms with E-state index in [1.54, 1.807) is 19.2 Å². The minimum absolute atomic E-state index is 0.297. The second-order valence-corrected chi connectivity index (χ2v) is 7.40. The summed E-state index contributed by atoms with van der Waals surface area (Å²) in [6, 6.07) is 1.61. The smallest absolute Gasteiger partial charge is 0.164 e. The summed E-state index contributed by atoms with van der Waals surface area (Å²) >= 11 is 15.0. The zero-order chi connectivity index (χ0) is 19.9. The summed E-state index contributed by atoms with van der Waals surface area (Å²) in [5.74, 6) is 1.70. The minimum atomic E-state index is 0.297. The molecular weight excluding hydrogens is 509 g/mol. The molecule has 1 heterocycles. The molecule has 2 aromatic rings. The third-order valence-electron chi connectivity index (χ3n) is 3.16. The molecule has 0 aliphatic carbocycles. The minimum Gasteiger partial charge on any atom is -0.495 e. The fourth-order valence-corrected chi connectivity index (χ4v) is 3.71. The molecule has 0 saturated heterocycles. The molecule has 1 atom stereocenters. The molecule has 6 nitrogen and oxygen atoms in total. The Morgan fingerprint density at radius 1 is 1.19 bits per heavy atom. The van der Waals surface area contributed by atoms with Crippen molar-refractivity contribution in [2.75, 3.05) is 19.3 Å². The first kappa shape index (κ1) is 23.1. The first-order valence-corrected chi connectivity index (χ1v) is 12.5. The molecule has 0 radical (unpaired) electrons. The molecule has 0 spiro atoms. The van der Waals surface area contributed by atoms with Crippen LogP contribution in [0.1, 0.15) is 26.3 Å². The van der Waals surface area contributed by atoms with E-state index in [1.807, 2.05) is 13.8 Å². The van der Waals surface area contributed by atoms with Gasteiger partial charge in [0.25, 0.3) is 0 Å². The van der Waals surface area contributed by atoms with Crippen LogP contribution in [-0.2, 0) is 0 Å². The summed E-state index contributed by atoms with van der Waals surface area (Å²) in [5, 5.41) is 11.6. The summed E-state index contributed by atoms with van der Waals surface area (Å²) in [6.45, 7) is 5.67. The molecule has 0 saturated carbocycles. The Balaban J connectivity index is 0.00000163. The Kier molecular flexibility index (Phi) is 9.85. The van der Waals surface area contributed by atoms with Gasteiger partial charge in [-0.3, -0.25) is 0 Å². The second kappa shape index (κ2) is 11.1. The van der Waals surface area contributed by atoms with Crippen LogP contribution in [0.5, 0.6) is 11.5 Å². The van der Waals surface area contributed by atoms with E-state index in [-0.39, 0.29) is 0 Å². The van der Waals surface area contributed by atoms with E-state index in [9.17, 15) is 0 Å². The molecule has 1 aromatic heterocycles. The molecule has 10 heteroatoms. The van der Waals surface area contributed by atoms with Gasteiger partial charge in [0.15, 0.2) is 5.82 Å². The van der Waals surface area contributed by atoms with Gasteiger partial charge in [-0.15, -0.1) is 0 Å². The van der Waals surface area contributed by atoms with Crippen molar-refractivity contribution in [3.63, 3.8) is 0 Å². The van der Waals surface area contributed by atoms with Gasteiger partial charge in [0, 0.05) is 24.3 Å². The molecule has 1 unspecified atom stereocenters. The van der Waals surface area contributed by atoms with Crippen molar-refractivity contribution in [3.8, 4) is 22.9 Å². The highest BCUT2D eigenvalue weighted by Gasteiger charge is 2.22. The highest BCUT2D eigenvalue weighted by atomic mass is 127. The molecule has 0 amide bonds. The van der Waals surface area contributed by atoms with E-state index in [2.05, 4.69) is 37.1 Å². The van der Waals surface area contributed by atoms with Gasteiger partial charge in [-0.2, -0.15) is 0 Å². The van der Waals surface area contributed by atoms with Gasteiger partial charge in [-0.05, 0) is 29.0 Å². The highest BCUT2D eigenvalue weighted by molar-refractivity contribution is 14.2. The summed E-state index contributed by atoms with van der Waals surface area (Å²) in [6.07, 6.45) is 1.96. The molecule has 2 rings (SSSR count). The fraction of sp³-hybridized carbons (Fsp3) is 0.312. The van der Waals surface area contributed by atoms with Crippen LogP contribution < -0.4 is 14.6 Å². The maximum atomic E-state index is 7.83. The van der Waals surface area contributed by atoms with Gasteiger partial charge in [0.05, 0.1) is 35.4 Å². The second-order valence-electron chi connectivity index (χ2n) is 4.58. The molecule has 0 aliphatic heterocycles. The first-order chi connectivity index (χ1) is 12.4. The van der Waals surface area contributed by atoms with Crippen molar-refractivity contribution in [2.24, 2.45) is 0 Å². The Hall–Kier alpha value is -0.890. The molecule has 0 bridgehead atoms. The van der Waals surface area contributed by atoms with Crippen molar-refractivity contribution >= 4 is 63.1 Å². The molecule has 26 heavy (non-hydrogen) atoms. The number of hydrogen-bond acceptors (Lipinski definition) is 6. The van der Waals surface area contributed by atoms with Crippen molar-refractivity contribution in [1.29, 1.82) is 5.41 Å². The number of hydrogen-bond donors (Lipinski definition) is 2. The van der Waals surface area contributed by atoms with E-state index in [0.717, 1.165) is 0 Å². The van der Waals surface area contributed by atoms with Crippen LogP contribution in [0.25, 0.3) is 11.4 Å². The first-order valence-electron chi connectivity index (χ1n) is 7.59. The number of anilines is 1. The number of benzene rings is 1. The summed E-state index contributed by atoms with van der Waals surface area (Å²) < 4.78 is 10.5. The van der Waals surface area contributed by atoms with E-state index in [1.165, 1.54) is 14.2 Å². The van der Waals surface area contributed by atoms with Gasteiger partial charge in [0.1, 0.15) is 17.3 Å². The van der Waals surface area contributed by atoms with Crippen LogP contribution in [0.3, 0.4) is 0 Å². The Labute approximate surface area is 178 Å². The largest absolute Gasteiger partial charge is 0.495 e. The standard InChI is InChI=1S/C14H14Cl2IN4O2P.C2H6/c1-6(18)7-5-19-14(20-13(7)21-24-17)10-11(15)8(22-2)4-9(23-3)12(10)16;1-2/h4-5,18,24H,1-3H3,(H,19,20,21);1-2H3. The van der Waals surface area contributed by atoms with Crippen molar-refractivity contribution in [3.05, 3.63) is 27.9 Å². The number of nitrogens with one attached hydrogen (secondary N) is 2. The monoisotopic (exact) mass is 528 g/mol. The van der Waals surface area contributed by atoms with E-state index >= 15 is 0 Å². The molecule has 2 N–H and O–H groups in total. The van der Waals surface area contributed by atoms with Gasteiger partial charge >= 0.3 is 0 Å². The molecule has 1 aromatic carbocycles. The average molecular weight is 529 g/mol. The fourth-order valence-electron chi connectivity index (χ4n) is 2.00. The number of aromatic nitrogens is 2. The van der Waals surface area contributed by atoms with Gasteiger partial charge in [-0.1, -0.05) is 37.0 Å². The zero-order valence-electron chi connectivity index (χ0n) is 15.0. The van der Waals surface area contributed by atoms with Crippen LogP contribution in [0.15, 0.2) is 12.3 Å². The van der Waals surface area contributed by atoms with Crippen LogP contribution in [0, 0.1) is 5.41 Å². The predicted molar refractivity (Wildman–Crippen MR) is 120 cm³/mol. The molecule has 0 aliphatic rings. The molecular formula is C16H20Cl2IN4O2P. The highest BCUT2D eigenvalue weighted by Crippen LogP contribution is 2.45. The van der Waals surface area contributed by atoms with Crippen LogP contribution in [-0.4, -0.2) is 29.9 Å². The molecule has 0 fully saturated rings. The third kappa shape index (κ3) is 5.09.